The van der Waals surface area contributed by atoms with Crippen LogP contribution in [0.4, 0.5) is 0 Å². The second kappa shape index (κ2) is 5.92. The van der Waals surface area contributed by atoms with Crippen LogP contribution in [0.25, 0.3) is 10.9 Å². The highest BCUT2D eigenvalue weighted by Crippen LogP contribution is 2.29. The second-order valence-electron chi connectivity index (χ2n) is 6.34. The van der Waals surface area contributed by atoms with E-state index in [2.05, 4.69) is 48.4 Å². The number of pyridine rings is 1. The van der Waals surface area contributed by atoms with Crippen molar-refractivity contribution in [1.29, 1.82) is 0 Å². The molecule has 3 rings (SSSR count). The second-order valence-corrected chi connectivity index (χ2v) is 6.34. The number of rotatable bonds is 3. The lowest BCUT2D eigenvalue weighted by Crippen LogP contribution is -2.35. The summed E-state index contributed by atoms with van der Waals surface area (Å²) in [6.07, 6.45) is 5.85. The van der Waals surface area contributed by atoms with Gasteiger partial charge in [-0.3, -0.25) is 4.98 Å². The number of hydrogen-bond donors (Lipinski definition) is 1. The van der Waals surface area contributed by atoms with Gasteiger partial charge in [0.05, 0.1) is 5.52 Å². The molecule has 1 aromatic carbocycles. The zero-order valence-electron chi connectivity index (χ0n) is 12.5. The maximum absolute atomic E-state index is 4.53. The van der Waals surface area contributed by atoms with Crippen molar-refractivity contribution in [2.45, 2.75) is 45.7 Å². The number of nitrogens with zero attached hydrogens (tertiary/aromatic N) is 1. The van der Waals surface area contributed by atoms with Gasteiger partial charge in [0.1, 0.15) is 0 Å². The van der Waals surface area contributed by atoms with Crippen LogP contribution in [-0.2, 0) is 6.54 Å². The molecule has 20 heavy (non-hydrogen) atoms. The zero-order valence-corrected chi connectivity index (χ0v) is 12.5. The molecule has 3 atom stereocenters. The Labute approximate surface area is 121 Å². The van der Waals surface area contributed by atoms with Crippen LogP contribution in [0, 0.1) is 11.8 Å². The molecule has 0 aliphatic heterocycles. The van der Waals surface area contributed by atoms with E-state index < -0.39 is 0 Å². The molecule has 2 nitrogen and oxygen atoms in total. The Morgan fingerprint density at radius 2 is 1.95 bits per heavy atom. The summed E-state index contributed by atoms with van der Waals surface area (Å²) in [5, 5.41) is 4.97. The van der Waals surface area contributed by atoms with Gasteiger partial charge in [0.15, 0.2) is 0 Å². The minimum Gasteiger partial charge on any atom is -0.310 e. The molecule has 0 radical (unpaired) electrons. The predicted molar refractivity (Wildman–Crippen MR) is 84.5 cm³/mol. The van der Waals surface area contributed by atoms with Crippen LogP contribution in [0.2, 0.25) is 0 Å². The molecular formula is C18H24N2. The molecular weight excluding hydrogens is 244 g/mol. The number of hydrogen-bond acceptors (Lipinski definition) is 2. The molecule has 3 unspecified atom stereocenters. The third kappa shape index (κ3) is 2.85. The largest absolute Gasteiger partial charge is 0.310 e. The smallest absolute Gasteiger partial charge is 0.0746 e. The summed E-state index contributed by atoms with van der Waals surface area (Å²) in [6, 6.07) is 11.3. The molecule has 106 valence electrons. The van der Waals surface area contributed by atoms with Crippen molar-refractivity contribution in [2.24, 2.45) is 11.8 Å². The van der Waals surface area contributed by atoms with E-state index in [9.17, 15) is 0 Å². The van der Waals surface area contributed by atoms with Crippen LogP contribution in [0.15, 0.2) is 36.5 Å². The van der Waals surface area contributed by atoms with E-state index in [4.69, 9.17) is 0 Å². The van der Waals surface area contributed by atoms with Gasteiger partial charge in [0.2, 0.25) is 0 Å². The minimum atomic E-state index is 0.667. The summed E-state index contributed by atoms with van der Waals surface area (Å²) in [5.74, 6) is 1.72. The van der Waals surface area contributed by atoms with E-state index in [1.165, 1.54) is 30.2 Å². The van der Waals surface area contributed by atoms with Crippen LogP contribution in [0.5, 0.6) is 0 Å². The Balaban J connectivity index is 1.68. The van der Waals surface area contributed by atoms with Gasteiger partial charge in [-0.2, -0.15) is 0 Å². The van der Waals surface area contributed by atoms with Crippen molar-refractivity contribution in [3.63, 3.8) is 0 Å². The van der Waals surface area contributed by atoms with Crippen molar-refractivity contribution in [3.8, 4) is 0 Å². The predicted octanol–water partition coefficient (Wildman–Crippen LogP) is 4.15. The molecule has 2 heteroatoms. The van der Waals surface area contributed by atoms with Crippen molar-refractivity contribution in [1.82, 2.24) is 10.3 Å². The van der Waals surface area contributed by atoms with Crippen LogP contribution >= 0.6 is 0 Å². The summed E-state index contributed by atoms with van der Waals surface area (Å²) >= 11 is 0. The lowest BCUT2D eigenvalue weighted by molar-refractivity contribution is 0.225. The van der Waals surface area contributed by atoms with Crippen molar-refractivity contribution >= 4 is 10.9 Å². The van der Waals surface area contributed by atoms with Gasteiger partial charge >= 0.3 is 0 Å². The van der Waals surface area contributed by atoms with Gasteiger partial charge < -0.3 is 5.32 Å². The normalized spacial score (nSPS) is 26.8. The zero-order chi connectivity index (χ0) is 13.9. The monoisotopic (exact) mass is 268 g/mol. The van der Waals surface area contributed by atoms with Crippen LogP contribution in [0.1, 0.15) is 38.7 Å². The highest BCUT2D eigenvalue weighted by Gasteiger charge is 2.24. The van der Waals surface area contributed by atoms with Crippen molar-refractivity contribution in [3.05, 3.63) is 42.1 Å². The first-order valence-corrected chi connectivity index (χ1v) is 7.80. The summed E-state index contributed by atoms with van der Waals surface area (Å²) < 4.78 is 0. The fourth-order valence-corrected chi connectivity index (χ4v) is 3.30. The van der Waals surface area contributed by atoms with Crippen LogP contribution < -0.4 is 5.32 Å². The van der Waals surface area contributed by atoms with Gasteiger partial charge in [-0.25, -0.2) is 0 Å². The lowest BCUT2D eigenvalue weighted by Gasteiger charge is -2.32. The SMILES string of the molecule is CC1CCC(NCc2cccc3cccnc23)CC1C. The summed E-state index contributed by atoms with van der Waals surface area (Å²) in [7, 11) is 0. The maximum Gasteiger partial charge on any atom is 0.0746 e. The number of nitrogens with one attached hydrogen (secondary N) is 1. The van der Waals surface area contributed by atoms with E-state index in [0.717, 1.165) is 23.9 Å². The fraction of sp³-hybridized carbons (Fsp3) is 0.500. The number of fused-ring (bicyclic) bond motifs is 1. The molecule has 0 amide bonds. The molecule has 1 saturated carbocycles. The molecule has 1 aliphatic carbocycles. The first kappa shape index (κ1) is 13.6. The molecule has 1 aromatic heterocycles. The van der Waals surface area contributed by atoms with E-state index in [-0.39, 0.29) is 0 Å². The van der Waals surface area contributed by atoms with Gasteiger partial charge in [-0.15, -0.1) is 0 Å². The summed E-state index contributed by atoms with van der Waals surface area (Å²) in [5.41, 5.74) is 2.45. The van der Waals surface area contributed by atoms with Crippen molar-refractivity contribution in [2.75, 3.05) is 0 Å². The average molecular weight is 268 g/mol. The summed E-state index contributed by atoms with van der Waals surface area (Å²) in [4.78, 5) is 4.53. The van der Waals surface area contributed by atoms with E-state index in [1.807, 2.05) is 12.3 Å². The molecule has 0 saturated heterocycles. The first-order valence-electron chi connectivity index (χ1n) is 7.80. The highest BCUT2D eigenvalue weighted by molar-refractivity contribution is 5.81. The Bertz CT molecular complexity index is 573. The van der Waals surface area contributed by atoms with Gasteiger partial charge in [-0.05, 0) is 42.7 Å². The topological polar surface area (TPSA) is 24.9 Å². The maximum atomic E-state index is 4.53. The third-order valence-electron chi connectivity index (χ3n) is 4.90. The van der Waals surface area contributed by atoms with Gasteiger partial charge in [0, 0.05) is 24.2 Å². The first-order chi connectivity index (χ1) is 9.74. The Morgan fingerprint density at radius 3 is 2.80 bits per heavy atom. The molecule has 1 aliphatic rings. The number of para-hydroxylation sites is 1. The molecule has 2 aromatic rings. The highest BCUT2D eigenvalue weighted by atomic mass is 14.9. The van der Waals surface area contributed by atoms with Crippen molar-refractivity contribution < 1.29 is 0 Å². The standard InChI is InChI=1S/C18H24N2/c1-13-8-9-17(11-14(13)2)20-12-16-6-3-5-15-7-4-10-19-18(15)16/h3-7,10,13-14,17,20H,8-9,11-12H2,1-2H3. The summed E-state index contributed by atoms with van der Waals surface area (Å²) in [6.45, 7) is 5.70. The molecule has 1 heterocycles. The van der Waals surface area contributed by atoms with E-state index in [0.29, 0.717) is 6.04 Å². The van der Waals surface area contributed by atoms with Crippen LogP contribution in [0.3, 0.4) is 0 Å². The lowest BCUT2D eigenvalue weighted by atomic mass is 9.79. The quantitative estimate of drug-likeness (QED) is 0.904. The molecule has 1 N–H and O–H groups in total. The molecule has 1 fully saturated rings. The Hall–Kier alpha value is -1.41. The van der Waals surface area contributed by atoms with Gasteiger partial charge in [0.25, 0.3) is 0 Å². The van der Waals surface area contributed by atoms with E-state index in [1.54, 1.807) is 0 Å². The Morgan fingerprint density at radius 1 is 1.10 bits per heavy atom. The Kier molecular flexibility index (Phi) is 4.02. The van der Waals surface area contributed by atoms with Crippen LogP contribution in [-0.4, -0.2) is 11.0 Å². The van der Waals surface area contributed by atoms with Gasteiger partial charge in [-0.1, -0.05) is 38.1 Å². The minimum absolute atomic E-state index is 0.667. The fourth-order valence-electron chi connectivity index (χ4n) is 3.30. The number of aromatic nitrogens is 1. The molecule has 0 spiro atoms. The third-order valence-corrected chi connectivity index (χ3v) is 4.90. The van der Waals surface area contributed by atoms with E-state index >= 15 is 0 Å². The molecule has 0 bridgehead atoms. The number of benzene rings is 1. The average Bonchev–Trinajstić information content (AvgIpc) is 2.48.